The van der Waals surface area contributed by atoms with Crippen LogP contribution in [0.2, 0.25) is 0 Å². The van der Waals surface area contributed by atoms with Crippen molar-refractivity contribution in [3.8, 4) is 0 Å². The molecule has 20 heavy (non-hydrogen) atoms. The first-order chi connectivity index (χ1) is 9.60. The third-order valence-corrected chi connectivity index (χ3v) is 3.57. The minimum Gasteiger partial charge on any atom is -0.465 e. The number of ether oxygens (including phenoxy) is 1. The molecule has 0 saturated carbocycles. The fourth-order valence-corrected chi connectivity index (χ4v) is 2.30. The van der Waals surface area contributed by atoms with E-state index in [2.05, 4.69) is 0 Å². The van der Waals surface area contributed by atoms with Crippen LogP contribution in [0.4, 0.5) is 0 Å². The Labute approximate surface area is 118 Å². The average molecular weight is 270 g/mol. The van der Waals surface area contributed by atoms with Crippen molar-refractivity contribution >= 4 is 17.3 Å². The van der Waals surface area contributed by atoms with Gasteiger partial charge in [0.05, 0.1) is 6.61 Å². The fourth-order valence-electron chi connectivity index (χ4n) is 2.30. The highest BCUT2D eigenvalue weighted by atomic mass is 16.5. The predicted octanol–water partition coefficient (Wildman–Crippen LogP) is 3.17. The summed E-state index contributed by atoms with van der Waals surface area (Å²) in [5.41, 5.74) is 0.936. The van der Waals surface area contributed by atoms with Gasteiger partial charge in [0.2, 0.25) is 0 Å². The van der Waals surface area contributed by atoms with Gasteiger partial charge in [0.15, 0.2) is 5.78 Å². The van der Waals surface area contributed by atoms with Crippen molar-refractivity contribution in [1.29, 1.82) is 0 Å². The first kappa shape index (κ1) is 14.3. The van der Waals surface area contributed by atoms with Crippen LogP contribution in [0.15, 0.2) is 48.6 Å². The summed E-state index contributed by atoms with van der Waals surface area (Å²) < 4.78 is 5.05. The quantitative estimate of drug-likeness (QED) is 0.623. The summed E-state index contributed by atoms with van der Waals surface area (Å²) in [6, 6.07) is 9.88. The molecule has 0 amide bonds. The lowest BCUT2D eigenvalue weighted by Gasteiger charge is -2.27. The van der Waals surface area contributed by atoms with E-state index in [1.807, 2.05) is 42.5 Å². The van der Waals surface area contributed by atoms with Crippen molar-refractivity contribution in [3.63, 3.8) is 0 Å². The number of hydrogen-bond acceptors (Lipinski definition) is 3. The molecule has 0 radical (unpaired) electrons. The SMILES string of the molecule is CCOC(=O)C1(C(C)=O)C=CC(c2ccccc2)=CC1. The van der Waals surface area contributed by atoms with Crippen LogP contribution in [0.5, 0.6) is 0 Å². The molecule has 0 aliphatic heterocycles. The molecule has 1 aromatic carbocycles. The van der Waals surface area contributed by atoms with E-state index in [4.69, 9.17) is 4.74 Å². The Kier molecular flexibility index (Phi) is 4.18. The zero-order valence-electron chi connectivity index (χ0n) is 11.8. The minimum atomic E-state index is -1.16. The Morgan fingerprint density at radius 1 is 1.25 bits per heavy atom. The first-order valence-corrected chi connectivity index (χ1v) is 6.73. The van der Waals surface area contributed by atoms with Gasteiger partial charge in [-0.05, 0) is 31.4 Å². The number of carbonyl (C=O) groups is 2. The molecule has 1 aliphatic carbocycles. The molecule has 1 aromatic rings. The molecule has 1 atom stereocenters. The zero-order valence-corrected chi connectivity index (χ0v) is 11.8. The third kappa shape index (κ3) is 2.57. The third-order valence-electron chi connectivity index (χ3n) is 3.57. The molecule has 1 aliphatic rings. The molecular weight excluding hydrogens is 252 g/mol. The van der Waals surface area contributed by atoms with Crippen LogP contribution >= 0.6 is 0 Å². The molecule has 0 N–H and O–H groups in total. The lowest BCUT2D eigenvalue weighted by atomic mass is 9.76. The van der Waals surface area contributed by atoms with Gasteiger partial charge in [0, 0.05) is 0 Å². The van der Waals surface area contributed by atoms with Crippen LogP contribution in [0.1, 0.15) is 25.8 Å². The van der Waals surface area contributed by atoms with Gasteiger partial charge in [0.1, 0.15) is 5.41 Å². The summed E-state index contributed by atoms with van der Waals surface area (Å²) in [4.78, 5) is 24.0. The average Bonchev–Trinajstić information content (AvgIpc) is 2.48. The number of hydrogen-bond donors (Lipinski definition) is 0. The van der Waals surface area contributed by atoms with Gasteiger partial charge in [-0.25, -0.2) is 0 Å². The Morgan fingerprint density at radius 3 is 2.45 bits per heavy atom. The van der Waals surface area contributed by atoms with Crippen molar-refractivity contribution in [2.24, 2.45) is 5.41 Å². The molecule has 3 nitrogen and oxygen atoms in total. The Balaban J connectivity index is 2.27. The largest absolute Gasteiger partial charge is 0.465 e. The molecule has 0 bridgehead atoms. The van der Waals surface area contributed by atoms with Crippen LogP contribution in [0.25, 0.3) is 5.57 Å². The van der Waals surface area contributed by atoms with E-state index in [0.717, 1.165) is 11.1 Å². The molecule has 0 spiro atoms. The number of carbonyl (C=O) groups excluding carboxylic acids is 2. The molecule has 0 fully saturated rings. The van der Waals surface area contributed by atoms with Crippen LogP contribution in [-0.4, -0.2) is 18.4 Å². The van der Waals surface area contributed by atoms with E-state index in [0.29, 0.717) is 6.42 Å². The standard InChI is InChI=1S/C17H18O3/c1-3-20-16(19)17(13(2)18)11-9-15(10-12-17)14-7-5-4-6-8-14/h4-11H,3,12H2,1-2H3. The minimum absolute atomic E-state index is 0.185. The molecule has 0 saturated heterocycles. The number of benzene rings is 1. The second-order valence-corrected chi connectivity index (χ2v) is 4.81. The Hall–Kier alpha value is -2.16. The van der Waals surface area contributed by atoms with Gasteiger partial charge >= 0.3 is 5.97 Å². The van der Waals surface area contributed by atoms with Crippen molar-refractivity contribution in [1.82, 2.24) is 0 Å². The van der Waals surface area contributed by atoms with Crippen LogP contribution in [0, 0.1) is 5.41 Å². The lowest BCUT2D eigenvalue weighted by Crippen LogP contribution is -2.38. The normalized spacial score (nSPS) is 21.2. The second-order valence-electron chi connectivity index (χ2n) is 4.81. The smallest absolute Gasteiger partial charge is 0.323 e. The summed E-state index contributed by atoms with van der Waals surface area (Å²) >= 11 is 0. The van der Waals surface area contributed by atoms with Crippen molar-refractivity contribution in [2.75, 3.05) is 6.61 Å². The maximum Gasteiger partial charge on any atom is 0.323 e. The maximum absolute atomic E-state index is 12.1. The zero-order chi connectivity index (χ0) is 14.6. The van der Waals surface area contributed by atoms with Crippen LogP contribution in [-0.2, 0) is 14.3 Å². The van der Waals surface area contributed by atoms with E-state index in [-0.39, 0.29) is 12.4 Å². The summed E-state index contributed by atoms with van der Waals surface area (Å²) in [6.45, 7) is 3.45. The number of ketones is 1. The van der Waals surface area contributed by atoms with E-state index < -0.39 is 11.4 Å². The molecule has 0 aromatic heterocycles. The lowest BCUT2D eigenvalue weighted by molar-refractivity contribution is -0.156. The van der Waals surface area contributed by atoms with Gasteiger partial charge < -0.3 is 4.74 Å². The predicted molar refractivity (Wildman–Crippen MR) is 77.9 cm³/mol. The number of esters is 1. The summed E-state index contributed by atoms with van der Waals surface area (Å²) in [5.74, 6) is -0.650. The Bertz CT molecular complexity index is 569. The highest BCUT2D eigenvalue weighted by Gasteiger charge is 2.42. The molecular formula is C17H18O3. The Morgan fingerprint density at radius 2 is 1.95 bits per heavy atom. The van der Waals surface area contributed by atoms with Gasteiger partial charge in [-0.15, -0.1) is 0 Å². The summed E-state index contributed by atoms with van der Waals surface area (Å²) in [7, 11) is 0. The number of Topliss-reactive ketones (excluding diaryl/α,β-unsaturated/α-hetero) is 1. The van der Waals surface area contributed by atoms with Gasteiger partial charge in [-0.3, -0.25) is 9.59 Å². The monoisotopic (exact) mass is 270 g/mol. The van der Waals surface area contributed by atoms with Crippen molar-refractivity contribution < 1.29 is 14.3 Å². The molecule has 1 unspecified atom stereocenters. The molecule has 104 valence electrons. The molecule has 2 rings (SSSR count). The summed E-state index contributed by atoms with van der Waals surface area (Å²) in [6.07, 6.45) is 5.78. The van der Waals surface area contributed by atoms with Gasteiger partial charge in [-0.2, -0.15) is 0 Å². The van der Waals surface area contributed by atoms with Crippen LogP contribution < -0.4 is 0 Å². The fraction of sp³-hybridized carbons (Fsp3) is 0.294. The van der Waals surface area contributed by atoms with E-state index in [1.54, 1.807) is 13.0 Å². The highest BCUT2D eigenvalue weighted by Crippen LogP contribution is 2.35. The highest BCUT2D eigenvalue weighted by molar-refractivity contribution is 6.06. The second kappa shape index (κ2) is 5.87. The number of allylic oxidation sites excluding steroid dienone is 3. The van der Waals surface area contributed by atoms with E-state index >= 15 is 0 Å². The van der Waals surface area contributed by atoms with Gasteiger partial charge in [-0.1, -0.05) is 48.6 Å². The topological polar surface area (TPSA) is 43.4 Å². The molecule has 3 heteroatoms. The van der Waals surface area contributed by atoms with Crippen LogP contribution in [0.3, 0.4) is 0 Å². The van der Waals surface area contributed by atoms with Crippen molar-refractivity contribution in [3.05, 3.63) is 54.1 Å². The van der Waals surface area contributed by atoms with E-state index in [1.165, 1.54) is 6.92 Å². The van der Waals surface area contributed by atoms with Gasteiger partial charge in [0.25, 0.3) is 0 Å². The van der Waals surface area contributed by atoms with E-state index in [9.17, 15) is 9.59 Å². The first-order valence-electron chi connectivity index (χ1n) is 6.73. The maximum atomic E-state index is 12.1. The number of rotatable bonds is 4. The van der Waals surface area contributed by atoms with Crippen molar-refractivity contribution in [2.45, 2.75) is 20.3 Å². The summed E-state index contributed by atoms with van der Waals surface area (Å²) in [5, 5.41) is 0. The molecule has 0 heterocycles.